The SMILES string of the molecule is Cc1nn(CCO)c(C)c1CN(C)CC(=O)NC(C)(C)C. The Labute approximate surface area is 127 Å². The van der Waals surface area contributed by atoms with Crippen molar-refractivity contribution in [1.29, 1.82) is 0 Å². The van der Waals surface area contributed by atoms with Gasteiger partial charge in [0, 0.05) is 23.3 Å². The minimum Gasteiger partial charge on any atom is -0.394 e. The number of hydrogen-bond acceptors (Lipinski definition) is 4. The first kappa shape index (κ1) is 17.7. The molecule has 0 aliphatic heterocycles. The van der Waals surface area contributed by atoms with Gasteiger partial charge < -0.3 is 10.4 Å². The number of amides is 1. The number of aliphatic hydroxyl groups excluding tert-OH is 1. The predicted octanol–water partition coefficient (Wildman–Crippen LogP) is 0.839. The predicted molar refractivity (Wildman–Crippen MR) is 83.0 cm³/mol. The fourth-order valence-corrected chi connectivity index (χ4v) is 2.30. The van der Waals surface area contributed by atoms with E-state index >= 15 is 0 Å². The first-order valence-electron chi connectivity index (χ1n) is 7.27. The molecule has 1 rings (SSSR count). The standard InChI is InChI=1S/C15H28N4O2/c1-11-13(12(2)19(17-11)7-8-20)9-18(6)10-14(21)16-15(3,4)5/h20H,7-10H2,1-6H3,(H,16,21). The van der Waals surface area contributed by atoms with E-state index in [1.807, 2.05) is 51.2 Å². The van der Waals surface area contributed by atoms with E-state index in [0.717, 1.165) is 17.0 Å². The lowest BCUT2D eigenvalue weighted by atomic mass is 10.1. The fraction of sp³-hybridized carbons (Fsp3) is 0.733. The van der Waals surface area contributed by atoms with Gasteiger partial charge in [0.2, 0.25) is 5.91 Å². The van der Waals surface area contributed by atoms with Crippen LogP contribution in [-0.4, -0.2) is 51.4 Å². The van der Waals surface area contributed by atoms with Crippen LogP contribution in [0.1, 0.15) is 37.7 Å². The molecule has 0 atom stereocenters. The molecule has 6 nitrogen and oxygen atoms in total. The lowest BCUT2D eigenvalue weighted by molar-refractivity contribution is -0.123. The molecule has 2 N–H and O–H groups in total. The van der Waals surface area contributed by atoms with E-state index in [9.17, 15) is 4.79 Å². The summed E-state index contributed by atoms with van der Waals surface area (Å²) in [6, 6.07) is 0. The third-order valence-electron chi connectivity index (χ3n) is 3.20. The fourth-order valence-electron chi connectivity index (χ4n) is 2.30. The van der Waals surface area contributed by atoms with Gasteiger partial charge in [0.1, 0.15) is 0 Å². The number of nitrogens with zero attached hydrogens (tertiary/aromatic N) is 3. The summed E-state index contributed by atoms with van der Waals surface area (Å²) in [6.45, 7) is 11.5. The topological polar surface area (TPSA) is 70.4 Å². The second-order valence-corrected chi connectivity index (χ2v) is 6.57. The van der Waals surface area contributed by atoms with Crippen molar-refractivity contribution in [2.45, 2.75) is 53.2 Å². The molecule has 0 fully saturated rings. The molecule has 1 amide bonds. The molecule has 1 aromatic rings. The van der Waals surface area contributed by atoms with E-state index in [2.05, 4.69) is 10.4 Å². The van der Waals surface area contributed by atoms with Crippen LogP contribution in [0.4, 0.5) is 0 Å². The van der Waals surface area contributed by atoms with Crippen LogP contribution in [0.25, 0.3) is 0 Å². The van der Waals surface area contributed by atoms with E-state index in [1.54, 1.807) is 0 Å². The van der Waals surface area contributed by atoms with Crippen LogP contribution in [0.15, 0.2) is 0 Å². The van der Waals surface area contributed by atoms with E-state index in [0.29, 0.717) is 19.6 Å². The Kier molecular flexibility index (Phi) is 5.92. The van der Waals surface area contributed by atoms with E-state index in [-0.39, 0.29) is 18.1 Å². The lowest BCUT2D eigenvalue weighted by Crippen LogP contribution is -2.45. The molecule has 0 saturated heterocycles. The number of aliphatic hydroxyl groups is 1. The lowest BCUT2D eigenvalue weighted by Gasteiger charge is -2.23. The van der Waals surface area contributed by atoms with Crippen molar-refractivity contribution in [2.24, 2.45) is 0 Å². The smallest absolute Gasteiger partial charge is 0.234 e. The molecule has 0 aliphatic carbocycles. The minimum absolute atomic E-state index is 0.0167. The van der Waals surface area contributed by atoms with Gasteiger partial charge in [0.25, 0.3) is 0 Å². The second-order valence-electron chi connectivity index (χ2n) is 6.57. The summed E-state index contributed by atoms with van der Waals surface area (Å²) in [4.78, 5) is 13.9. The Morgan fingerprint density at radius 2 is 2.00 bits per heavy atom. The zero-order valence-corrected chi connectivity index (χ0v) is 14.0. The van der Waals surface area contributed by atoms with E-state index in [4.69, 9.17) is 5.11 Å². The Bertz CT molecular complexity index is 489. The van der Waals surface area contributed by atoms with Gasteiger partial charge in [0.05, 0.1) is 25.4 Å². The van der Waals surface area contributed by atoms with Crippen molar-refractivity contribution >= 4 is 5.91 Å². The Hall–Kier alpha value is -1.40. The zero-order valence-electron chi connectivity index (χ0n) is 14.0. The molecule has 120 valence electrons. The molecule has 0 spiro atoms. The average Bonchev–Trinajstić information content (AvgIpc) is 2.54. The van der Waals surface area contributed by atoms with Gasteiger partial charge in [-0.25, -0.2) is 0 Å². The summed E-state index contributed by atoms with van der Waals surface area (Å²) >= 11 is 0. The number of carbonyl (C=O) groups is 1. The molecule has 0 unspecified atom stereocenters. The van der Waals surface area contributed by atoms with Crippen molar-refractivity contribution in [3.05, 3.63) is 17.0 Å². The molecular formula is C15H28N4O2. The highest BCUT2D eigenvalue weighted by Crippen LogP contribution is 2.15. The van der Waals surface area contributed by atoms with Gasteiger partial charge in [-0.05, 0) is 41.7 Å². The van der Waals surface area contributed by atoms with Crippen LogP contribution in [0, 0.1) is 13.8 Å². The minimum atomic E-state index is -0.213. The molecule has 0 radical (unpaired) electrons. The third kappa shape index (κ3) is 5.47. The van der Waals surface area contributed by atoms with Crippen LogP contribution in [0.5, 0.6) is 0 Å². The largest absolute Gasteiger partial charge is 0.394 e. The average molecular weight is 296 g/mol. The molecule has 1 heterocycles. The number of nitrogens with one attached hydrogen (secondary N) is 1. The van der Waals surface area contributed by atoms with Gasteiger partial charge in [-0.3, -0.25) is 14.4 Å². The van der Waals surface area contributed by atoms with Gasteiger partial charge in [0.15, 0.2) is 0 Å². The zero-order chi connectivity index (χ0) is 16.2. The normalized spacial score (nSPS) is 12.0. The number of aryl methyl sites for hydroxylation is 1. The Morgan fingerprint density at radius 3 is 2.52 bits per heavy atom. The molecule has 6 heteroatoms. The van der Waals surface area contributed by atoms with Crippen molar-refractivity contribution < 1.29 is 9.90 Å². The second kappa shape index (κ2) is 7.04. The van der Waals surface area contributed by atoms with Crippen LogP contribution in [0.2, 0.25) is 0 Å². The number of hydrogen-bond donors (Lipinski definition) is 2. The summed E-state index contributed by atoms with van der Waals surface area (Å²) in [7, 11) is 1.92. The summed E-state index contributed by atoms with van der Waals surface area (Å²) < 4.78 is 1.81. The summed E-state index contributed by atoms with van der Waals surface area (Å²) in [5.41, 5.74) is 2.90. The van der Waals surface area contributed by atoms with Gasteiger partial charge in [-0.15, -0.1) is 0 Å². The van der Waals surface area contributed by atoms with Crippen LogP contribution < -0.4 is 5.32 Å². The van der Waals surface area contributed by atoms with E-state index in [1.165, 1.54) is 0 Å². The van der Waals surface area contributed by atoms with Crippen molar-refractivity contribution in [1.82, 2.24) is 20.0 Å². The molecule has 0 saturated carbocycles. The summed E-state index contributed by atoms with van der Waals surface area (Å²) in [5, 5.41) is 16.4. The van der Waals surface area contributed by atoms with Gasteiger partial charge in [-0.2, -0.15) is 5.10 Å². The van der Waals surface area contributed by atoms with Crippen molar-refractivity contribution in [3.63, 3.8) is 0 Å². The maximum Gasteiger partial charge on any atom is 0.234 e. The highest BCUT2D eigenvalue weighted by molar-refractivity contribution is 5.78. The van der Waals surface area contributed by atoms with Gasteiger partial charge in [-0.1, -0.05) is 0 Å². The number of aromatic nitrogens is 2. The summed E-state index contributed by atoms with van der Waals surface area (Å²) in [5.74, 6) is 0.0167. The number of rotatable bonds is 6. The molecule has 0 aromatic carbocycles. The molecule has 21 heavy (non-hydrogen) atoms. The maximum atomic E-state index is 11.9. The third-order valence-corrected chi connectivity index (χ3v) is 3.20. The quantitative estimate of drug-likeness (QED) is 0.816. The molecular weight excluding hydrogens is 268 g/mol. The van der Waals surface area contributed by atoms with Crippen molar-refractivity contribution in [2.75, 3.05) is 20.2 Å². The molecule has 0 aliphatic rings. The highest BCUT2D eigenvalue weighted by Gasteiger charge is 2.17. The monoisotopic (exact) mass is 296 g/mol. The molecule has 1 aromatic heterocycles. The Balaban J connectivity index is 2.67. The van der Waals surface area contributed by atoms with Crippen LogP contribution in [-0.2, 0) is 17.9 Å². The first-order chi connectivity index (χ1) is 9.64. The Morgan fingerprint density at radius 1 is 1.38 bits per heavy atom. The maximum absolute atomic E-state index is 11.9. The highest BCUT2D eigenvalue weighted by atomic mass is 16.3. The van der Waals surface area contributed by atoms with Crippen LogP contribution in [0.3, 0.4) is 0 Å². The molecule has 0 bridgehead atoms. The summed E-state index contributed by atoms with van der Waals surface area (Å²) in [6.07, 6.45) is 0. The van der Waals surface area contributed by atoms with Crippen LogP contribution >= 0.6 is 0 Å². The number of likely N-dealkylation sites (N-methyl/N-ethyl adjacent to an activating group) is 1. The first-order valence-corrected chi connectivity index (χ1v) is 7.27. The van der Waals surface area contributed by atoms with Crippen molar-refractivity contribution in [3.8, 4) is 0 Å². The number of carbonyl (C=O) groups excluding carboxylic acids is 1. The van der Waals surface area contributed by atoms with E-state index < -0.39 is 0 Å². The van der Waals surface area contributed by atoms with Gasteiger partial charge >= 0.3 is 0 Å².